The van der Waals surface area contributed by atoms with E-state index in [0.29, 0.717) is 39.3 Å². The first kappa shape index (κ1) is 23.2. The minimum atomic E-state index is -0.216. The minimum absolute atomic E-state index is 0.196. The lowest BCUT2D eigenvalue weighted by Crippen LogP contribution is -2.27. The van der Waals surface area contributed by atoms with E-state index in [1.807, 2.05) is 50.2 Å². The molecule has 1 aliphatic heterocycles. The predicted octanol–water partition coefficient (Wildman–Crippen LogP) is 4.92. The van der Waals surface area contributed by atoms with Crippen molar-refractivity contribution < 1.29 is 4.79 Å². The summed E-state index contributed by atoms with van der Waals surface area (Å²) in [4.78, 5) is 33.3. The molecular formula is C25H26N4O2S2. The fourth-order valence-electron chi connectivity index (χ4n) is 3.55. The summed E-state index contributed by atoms with van der Waals surface area (Å²) in [5.41, 5.74) is 3.83. The molecule has 1 saturated heterocycles. The first-order valence-electron chi connectivity index (χ1n) is 10.9. The minimum Gasteiger partial charge on any atom is -0.369 e. The van der Waals surface area contributed by atoms with Gasteiger partial charge in [0.2, 0.25) is 0 Å². The Hall–Kier alpha value is -2.97. The van der Waals surface area contributed by atoms with Crippen LogP contribution in [0.5, 0.6) is 0 Å². The summed E-state index contributed by atoms with van der Waals surface area (Å²) in [5, 5.41) is 3.28. The Morgan fingerprint density at radius 3 is 2.55 bits per heavy atom. The van der Waals surface area contributed by atoms with E-state index in [-0.39, 0.29) is 11.5 Å². The van der Waals surface area contributed by atoms with Gasteiger partial charge in [-0.05, 0) is 43.5 Å². The Kier molecular flexibility index (Phi) is 6.95. The number of benzene rings is 1. The smallest absolute Gasteiger partial charge is 0.267 e. The topological polar surface area (TPSA) is 66.7 Å². The number of unbranched alkanes of at least 4 members (excludes halogenated alkanes) is 1. The van der Waals surface area contributed by atoms with E-state index < -0.39 is 0 Å². The van der Waals surface area contributed by atoms with Crippen molar-refractivity contribution in [1.29, 1.82) is 0 Å². The van der Waals surface area contributed by atoms with Gasteiger partial charge in [0.1, 0.15) is 15.8 Å². The first-order chi connectivity index (χ1) is 15.9. The van der Waals surface area contributed by atoms with Crippen LogP contribution in [-0.4, -0.2) is 31.1 Å². The molecule has 1 amide bonds. The Bertz CT molecular complexity index is 1310. The molecule has 0 spiro atoms. The first-order valence-corrected chi connectivity index (χ1v) is 12.2. The van der Waals surface area contributed by atoms with Crippen LogP contribution in [0.2, 0.25) is 0 Å². The van der Waals surface area contributed by atoms with E-state index in [4.69, 9.17) is 12.2 Å². The molecule has 4 rings (SSSR count). The molecule has 0 bridgehead atoms. The van der Waals surface area contributed by atoms with E-state index in [9.17, 15) is 9.59 Å². The number of thioether (sulfide) groups is 1. The summed E-state index contributed by atoms with van der Waals surface area (Å²) < 4.78 is 2.01. The molecule has 1 aliphatic rings. The summed E-state index contributed by atoms with van der Waals surface area (Å²) in [7, 11) is 0. The molecule has 0 aliphatic carbocycles. The number of rotatable bonds is 7. The van der Waals surface area contributed by atoms with E-state index in [2.05, 4.69) is 17.2 Å². The number of hydrogen-bond donors (Lipinski definition) is 1. The van der Waals surface area contributed by atoms with Crippen molar-refractivity contribution in [3.8, 4) is 0 Å². The van der Waals surface area contributed by atoms with Gasteiger partial charge in [-0.1, -0.05) is 73.2 Å². The molecule has 0 unspecified atom stereocenters. The number of amides is 1. The average molecular weight is 479 g/mol. The van der Waals surface area contributed by atoms with Crippen LogP contribution in [0.25, 0.3) is 11.7 Å². The molecule has 6 nitrogen and oxygen atoms in total. The average Bonchev–Trinajstić information content (AvgIpc) is 3.05. The van der Waals surface area contributed by atoms with Gasteiger partial charge in [0, 0.05) is 12.7 Å². The number of nitrogens with one attached hydrogen (secondary N) is 1. The monoisotopic (exact) mass is 478 g/mol. The second-order valence-corrected chi connectivity index (χ2v) is 9.82. The molecule has 8 heteroatoms. The lowest BCUT2D eigenvalue weighted by Gasteiger charge is -2.14. The number of anilines is 1. The maximum atomic E-state index is 13.4. The third-order valence-corrected chi connectivity index (χ3v) is 6.82. The number of carbonyl (C=O) groups excluding carboxylic acids is 1. The van der Waals surface area contributed by atoms with Crippen molar-refractivity contribution in [2.45, 2.75) is 40.2 Å². The molecule has 3 aromatic rings. The van der Waals surface area contributed by atoms with Crippen LogP contribution in [0.3, 0.4) is 0 Å². The molecule has 0 atom stereocenters. The maximum Gasteiger partial charge on any atom is 0.267 e. The molecule has 33 heavy (non-hydrogen) atoms. The van der Waals surface area contributed by atoms with Gasteiger partial charge in [-0.15, -0.1) is 0 Å². The number of hydrogen-bond acceptors (Lipinski definition) is 6. The maximum absolute atomic E-state index is 13.4. The van der Waals surface area contributed by atoms with Crippen molar-refractivity contribution in [1.82, 2.24) is 14.3 Å². The summed E-state index contributed by atoms with van der Waals surface area (Å²) in [6.45, 7) is 7.15. The van der Waals surface area contributed by atoms with E-state index >= 15 is 0 Å². The summed E-state index contributed by atoms with van der Waals surface area (Å²) in [5.74, 6) is 0.292. The third kappa shape index (κ3) is 5.02. The molecule has 170 valence electrons. The Balaban J connectivity index is 1.72. The summed E-state index contributed by atoms with van der Waals surface area (Å²) >= 11 is 6.71. The van der Waals surface area contributed by atoms with Gasteiger partial charge in [-0.3, -0.25) is 18.9 Å². The van der Waals surface area contributed by atoms with E-state index in [1.165, 1.54) is 16.2 Å². The van der Waals surface area contributed by atoms with E-state index in [0.717, 1.165) is 29.5 Å². The fraction of sp³-hybridized carbons (Fsp3) is 0.280. The molecule has 1 fully saturated rings. The molecule has 1 N–H and O–H groups in total. The van der Waals surface area contributed by atoms with Crippen molar-refractivity contribution in [2.75, 3.05) is 11.9 Å². The Morgan fingerprint density at radius 1 is 1.09 bits per heavy atom. The van der Waals surface area contributed by atoms with Gasteiger partial charge in [0.25, 0.3) is 11.5 Å². The second kappa shape index (κ2) is 9.89. The highest BCUT2D eigenvalue weighted by Crippen LogP contribution is 2.34. The van der Waals surface area contributed by atoms with Crippen LogP contribution >= 0.6 is 24.0 Å². The van der Waals surface area contributed by atoms with Crippen LogP contribution in [0.15, 0.2) is 52.3 Å². The number of nitrogens with zero attached hydrogens (tertiary/aromatic N) is 3. The summed E-state index contributed by atoms with van der Waals surface area (Å²) in [6, 6.07) is 11.8. The number of fused-ring (bicyclic) bond motifs is 1. The predicted molar refractivity (Wildman–Crippen MR) is 139 cm³/mol. The largest absolute Gasteiger partial charge is 0.369 e. The number of aryl methyl sites for hydroxylation is 2. The quantitative estimate of drug-likeness (QED) is 0.295. The lowest BCUT2D eigenvalue weighted by molar-refractivity contribution is -0.122. The SMILES string of the molecule is CCCCNc1nc2ccc(C)cn2c(=O)c1/C=C1/SC(=S)N(Cc2ccc(C)cc2)C1=O. The van der Waals surface area contributed by atoms with Crippen molar-refractivity contribution in [2.24, 2.45) is 0 Å². The van der Waals surface area contributed by atoms with Gasteiger partial charge in [0.05, 0.1) is 17.0 Å². The zero-order valence-electron chi connectivity index (χ0n) is 18.9. The van der Waals surface area contributed by atoms with Gasteiger partial charge in [0.15, 0.2) is 0 Å². The second-order valence-electron chi connectivity index (χ2n) is 8.15. The number of pyridine rings is 1. The highest BCUT2D eigenvalue weighted by Gasteiger charge is 2.32. The van der Waals surface area contributed by atoms with Crippen LogP contribution in [0.1, 0.15) is 42.0 Å². The summed E-state index contributed by atoms with van der Waals surface area (Å²) in [6.07, 6.45) is 5.37. The number of thiocarbonyl (C=S) groups is 1. The molecular weight excluding hydrogens is 452 g/mol. The standard InChI is InChI=1S/C25H26N4O2S2/c1-4-5-12-26-22-19(23(30)28-14-17(3)8-11-21(28)27-22)13-20-24(31)29(25(32)33-20)15-18-9-6-16(2)7-10-18/h6-11,13-14,26H,4-5,12,15H2,1-3H3/b20-13+. The number of aromatic nitrogens is 2. The molecule has 1 aromatic carbocycles. The van der Waals surface area contributed by atoms with Gasteiger partial charge >= 0.3 is 0 Å². The van der Waals surface area contributed by atoms with Crippen molar-refractivity contribution in [3.05, 3.63) is 80.1 Å². The van der Waals surface area contributed by atoms with Gasteiger partial charge in [-0.25, -0.2) is 4.98 Å². The van der Waals surface area contributed by atoms with Crippen LogP contribution in [0, 0.1) is 13.8 Å². The normalized spacial score (nSPS) is 15.1. The molecule has 0 saturated carbocycles. The zero-order valence-corrected chi connectivity index (χ0v) is 20.6. The van der Waals surface area contributed by atoms with Crippen LogP contribution in [0.4, 0.5) is 5.82 Å². The Morgan fingerprint density at radius 2 is 1.82 bits per heavy atom. The van der Waals surface area contributed by atoms with Gasteiger partial charge < -0.3 is 5.32 Å². The zero-order chi connectivity index (χ0) is 23.5. The van der Waals surface area contributed by atoms with Gasteiger partial charge in [-0.2, -0.15) is 0 Å². The van der Waals surface area contributed by atoms with Crippen LogP contribution in [-0.2, 0) is 11.3 Å². The molecule has 3 heterocycles. The molecule has 2 aromatic heterocycles. The lowest BCUT2D eigenvalue weighted by atomic mass is 10.1. The van der Waals surface area contributed by atoms with E-state index in [1.54, 1.807) is 17.2 Å². The molecule has 0 radical (unpaired) electrons. The fourth-order valence-corrected chi connectivity index (χ4v) is 4.79. The van der Waals surface area contributed by atoms with Crippen LogP contribution < -0.4 is 10.9 Å². The Labute approximate surface area is 202 Å². The third-order valence-electron chi connectivity index (χ3n) is 5.44. The van der Waals surface area contributed by atoms with Crippen molar-refractivity contribution >= 4 is 51.7 Å². The number of carbonyl (C=O) groups is 1. The highest BCUT2D eigenvalue weighted by atomic mass is 32.2. The van der Waals surface area contributed by atoms with Crippen molar-refractivity contribution in [3.63, 3.8) is 0 Å². The highest BCUT2D eigenvalue weighted by molar-refractivity contribution is 8.26.